The van der Waals surface area contributed by atoms with Gasteiger partial charge in [0, 0.05) is 24.9 Å². The Kier molecular flexibility index (Phi) is 8.04. The summed E-state index contributed by atoms with van der Waals surface area (Å²) in [4.78, 5) is 10.9. The van der Waals surface area contributed by atoms with Crippen LogP contribution in [-0.2, 0) is 11.2 Å². The van der Waals surface area contributed by atoms with E-state index in [2.05, 4.69) is 60.8 Å². The van der Waals surface area contributed by atoms with Crippen molar-refractivity contribution in [3.05, 3.63) is 102 Å². The molecule has 0 heterocycles. The number of carboxylic acids is 1. The van der Waals surface area contributed by atoms with Gasteiger partial charge in [0.1, 0.15) is 5.75 Å². The van der Waals surface area contributed by atoms with E-state index in [-0.39, 0.29) is 6.42 Å². The van der Waals surface area contributed by atoms with Crippen LogP contribution < -0.4 is 10.1 Å². The van der Waals surface area contributed by atoms with Gasteiger partial charge in [-0.2, -0.15) is 0 Å². The van der Waals surface area contributed by atoms with Crippen LogP contribution in [0.1, 0.15) is 29.5 Å². The van der Waals surface area contributed by atoms with Gasteiger partial charge >= 0.3 is 5.97 Å². The second-order valence-corrected chi connectivity index (χ2v) is 7.67. The first-order valence-corrected chi connectivity index (χ1v) is 10.4. The van der Waals surface area contributed by atoms with Crippen LogP contribution in [0.5, 0.6) is 5.75 Å². The van der Waals surface area contributed by atoms with Gasteiger partial charge in [-0.05, 0) is 28.8 Å². The summed E-state index contributed by atoms with van der Waals surface area (Å²) in [5.74, 6) is 0.497. The first-order valence-electron chi connectivity index (χ1n) is 10.4. The lowest BCUT2D eigenvalue weighted by Gasteiger charge is -2.21. The highest BCUT2D eigenvalue weighted by Gasteiger charge is 2.14. The molecule has 0 radical (unpaired) electrons. The van der Waals surface area contributed by atoms with Gasteiger partial charge in [-0.1, -0.05) is 79.7 Å². The Labute approximate surface area is 178 Å². The van der Waals surface area contributed by atoms with E-state index in [4.69, 9.17) is 9.84 Å². The molecule has 0 amide bonds. The van der Waals surface area contributed by atoms with E-state index in [0.717, 1.165) is 18.7 Å². The largest absolute Gasteiger partial charge is 0.493 e. The molecule has 0 aliphatic heterocycles. The Morgan fingerprint density at radius 3 is 2.13 bits per heavy atom. The van der Waals surface area contributed by atoms with Gasteiger partial charge in [-0.15, -0.1) is 0 Å². The normalized spacial score (nSPS) is 11.9. The van der Waals surface area contributed by atoms with Crippen molar-refractivity contribution in [3.63, 3.8) is 0 Å². The molecule has 3 rings (SSSR count). The molecule has 0 bridgehead atoms. The van der Waals surface area contributed by atoms with Crippen LogP contribution in [0.15, 0.2) is 84.9 Å². The molecule has 0 aliphatic carbocycles. The standard InChI is InChI=1S/C26H29NO3/c1-20(19-30-24-14-8-9-21(15-24)16-26(28)29)17-27-18-25(22-10-4-2-5-11-22)23-12-6-3-7-13-23/h2-15,20,25,27H,16-19H2,1H3,(H,28,29). The molecule has 1 unspecified atom stereocenters. The number of carboxylic acid groups (broad SMARTS) is 1. The minimum Gasteiger partial charge on any atom is -0.493 e. The van der Waals surface area contributed by atoms with E-state index in [1.807, 2.05) is 24.3 Å². The summed E-state index contributed by atoms with van der Waals surface area (Å²) in [5, 5.41) is 12.5. The molecule has 0 aromatic heterocycles. The summed E-state index contributed by atoms with van der Waals surface area (Å²) in [6.07, 6.45) is 0.00860. The molecule has 1 atom stereocenters. The van der Waals surface area contributed by atoms with Crippen LogP contribution in [0.2, 0.25) is 0 Å². The van der Waals surface area contributed by atoms with E-state index in [1.165, 1.54) is 11.1 Å². The van der Waals surface area contributed by atoms with Crippen molar-refractivity contribution in [2.24, 2.45) is 5.92 Å². The van der Waals surface area contributed by atoms with Crippen LogP contribution in [0.4, 0.5) is 0 Å². The monoisotopic (exact) mass is 403 g/mol. The zero-order valence-electron chi connectivity index (χ0n) is 17.3. The first-order chi connectivity index (χ1) is 14.6. The van der Waals surface area contributed by atoms with Crippen molar-refractivity contribution in [1.82, 2.24) is 5.32 Å². The minimum atomic E-state index is -0.837. The number of hydrogen-bond acceptors (Lipinski definition) is 3. The average molecular weight is 404 g/mol. The predicted molar refractivity (Wildman–Crippen MR) is 120 cm³/mol. The average Bonchev–Trinajstić information content (AvgIpc) is 2.76. The number of ether oxygens (including phenoxy) is 1. The van der Waals surface area contributed by atoms with E-state index in [0.29, 0.717) is 24.2 Å². The van der Waals surface area contributed by atoms with Crippen molar-refractivity contribution >= 4 is 5.97 Å². The second-order valence-electron chi connectivity index (χ2n) is 7.67. The lowest BCUT2D eigenvalue weighted by molar-refractivity contribution is -0.136. The summed E-state index contributed by atoms with van der Waals surface area (Å²) in [7, 11) is 0. The van der Waals surface area contributed by atoms with Gasteiger partial charge in [0.15, 0.2) is 0 Å². The van der Waals surface area contributed by atoms with Gasteiger partial charge in [-0.25, -0.2) is 0 Å². The number of rotatable bonds is 11. The maximum Gasteiger partial charge on any atom is 0.307 e. The third-order valence-electron chi connectivity index (χ3n) is 5.03. The van der Waals surface area contributed by atoms with Crippen molar-refractivity contribution < 1.29 is 14.6 Å². The van der Waals surface area contributed by atoms with Crippen molar-refractivity contribution in [3.8, 4) is 5.75 Å². The van der Waals surface area contributed by atoms with Gasteiger partial charge in [0.2, 0.25) is 0 Å². The van der Waals surface area contributed by atoms with E-state index < -0.39 is 5.97 Å². The Hall–Kier alpha value is -3.11. The van der Waals surface area contributed by atoms with Crippen LogP contribution in [0.25, 0.3) is 0 Å². The Morgan fingerprint density at radius 1 is 0.900 bits per heavy atom. The summed E-state index contributed by atoms with van der Waals surface area (Å²) in [6.45, 7) is 4.41. The topological polar surface area (TPSA) is 58.6 Å². The molecule has 4 heteroatoms. The van der Waals surface area contributed by atoms with Crippen molar-refractivity contribution in [2.45, 2.75) is 19.3 Å². The fourth-order valence-corrected chi connectivity index (χ4v) is 3.49. The quantitative estimate of drug-likeness (QED) is 0.485. The highest BCUT2D eigenvalue weighted by Crippen LogP contribution is 2.23. The maximum absolute atomic E-state index is 10.9. The molecule has 4 nitrogen and oxygen atoms in total. The van der Waals surface area contributed by atoms with Crippen molar-refractivity contribution in [2.75, 3.05) is 19.7 Å². The van der Waals surface area contributed by atoms with Gasteiger partial charge in [0.25, 0.3) is 0 Å². The highest BCUT2D eigenvalue weighted by molar-refractivity contribution is 5.70. The molecule has 30 heavy (non-hydrogen) atoms. The Balaban J connectivity index is 1.51. The maximum atomic E-state index is 10.9. The lowest BCUT2D eigenvalue weighted by Crippen LogP contribution is -2.29. The summed E-state index contributed by atoms with van der Waals surface area (Å²) >= 11 is 0. The fraction of sp³-hybridized carbons (Fsp3) is 0.269. The summed E-state index contributed by atoms with van der Waals surface area (Å²) < 4.78 is 5.88. The molecule has 0 fully saturated rings. The zero-order chi connectivity index (χ0) is 21.2. The molecule has 0 saturated heterocycles. The molecule has 0 saturated carbocycles. The fourth-order valence-electron chi connectivity index (χ4n) is 3.49. The molecular formula is C26H29NO3. The van der Waals surface area contributed by atoms with Crippen LogP contribution in [0, 0.1) is 5.92 Å². The molecular weight excluding hydrogens is 374 g/mol. The molecule has 0 aliphatic rings. The van der Waals surface area contributed by atoms with E-state index in [1.54, 1.807) is 12.1 Å². The van der Waals surface area contributed by atoms with Gasteiger partial charge in [-0.3, -0.25) is 4.79 Å². The SMILES string of the molecule is CC(CNCC(c1ccccc1)c1ccccc1)COc1cccc(CC(=O)O)c1. The number of benzene rings is 3. The third-order valence-corrected chi connectivity index (χ3v) is 5.03. The Morgan fingerprint density at radius 2 is 1.53 bits per heavy atom. The highest BCUT2D eigenvalue weighted by atomic mass is 16.5. The first kappa shape index (κ1) is 21.6. The molecule has 3 aromatic rings. The predicted octanol–water partition coefficient (Wildman–Crippen LogP) is 4.75. The van der Waals surface area contributed by atoms with Crippen LogP contribution in [0.3, 0.4) is 0 Å². The summed E-state index contributed by atoms with van der Waals surface area (Å²) in [6, 6.07) is 28.4. The molecule has 3 aromatic carbocycles. The number of nitrogens with one attached hydrogen (secondary N) is 1. The van der Waals surface area contributed by atoms with Crippen LogP contribution >= 0.6 is 0 Å². The minimum absolute atomic E-state index is 0.00860. The van der Waals surface area contributed by atoms with Crippen molar-refractivity contribution in [1.29, 1.82) is 0 Å². The molecule has 2 N–H and O–H groups in total. The van der Waals surface area contributed by atoms with E-state index >= 15 is 0 Å². The smallest absolute Gasteiger partial charge is 0.307 e. The van der Waals surface area contributed by atoms with Gasteiger partial charge < -0.3 is 15.2 Å². The zero-order valence-corrected chi connectivity index (χ0v) is 17.3. The molecule has 156 valence electrons. The number of hydrogen-bond donors (Lipinski definition) is 2. The number of aliphatic carboxylic acids is 1. The second kappa shape index (κ2) is 11.2. The summed E-state index contributed by atoms with van der Waals surface area (Å²) in [5.41, 5.74) is 3.35. The van der Waals surface area contributed by atoms with Gasteiger partial charge in [0.05, 0.1) is 13.0 Å². The van der Waals surface area contributed by atoms with E-state index in [9.17, 15) is 4.79 Å². The number of carbonyl (C=O) groups is 1. The molecule has 0 spiro atoms. The lowest BCUT2D eigenvalue weighted by atomic mass is 9.91. The Bertz CT molecular complexity index is 872. The van der Waals surface area contributed by atoms with Crippen LogP contribution in [-0.4, -0.2) is 30.8 Å². The third kappa shape index (κ3) is 6.75.